The summed E-state index contributed by atoms with van der Waals surface area (Å²) >= 11 is 0. The number of hydrogen-bond donors (Lipinski definition) is 1. The van der Waals surface area contributed by atoms with Crippen LogP contribution in [0.25, 0.3) is 0 Å². The van der Waals surface area contributed by atoms with Crippen molar-refractivity contribution in [2.45, 2.75) is 33.2 Å². The fourth-order valence-corrected chi connectivity index (χ4v) is 2.09. The van der Waals surface area contributed by atoms with Crippen LogP contribution in [0.2, 0.25) is 0 Å². The topological polar surface area (TPSA) is 59.4 Å². The smallest absolute Gasteiger partial charge is 0.266 e. The third-order valence-corrected chi connectivity index (χ3v) is 3.24. The van der Waals surface area contributed by atoms with Crippen molar-refractivity contribution in [1.29, 1.82) is 5.26 Å². The zero-order valence-corrected chi connectivity index (χ0v) is 12.4. The number of carbonyl (C=O) groups is 1. The van der Waals surface area contributed by atoms with Crippen LogP contribution in [-0.4, -0.2) is 54.0 Å². The predicted molar refractivity (Wildman–Crippen MR) is 75.3 cm³/mol. The van der Waals surface area contributed by atoms with Crippen molar-refractivity contribution in [3.05, 3.63) is 11.8 Å². The van der Waals surface area contributed by atoms with E-state index in [2.05, 4.69) is 26.1 Å². The molecule has 19 heavy (non-hydrogen) atoms. The number of piperazine rings is 1. The minimum absolute atomic E-state index is 0.0966. The highest BCUT2D eigenvalue weighted by atomic mass is 16.2. The molecule has 1 rings (SSSR count). The molecule has 1 aliphatic rings. The molecule has 0 aliphatic carbocycles. The van der Waals surface area contributed by atoms with Gasteiger partial charge in [0.05, 0.1) is 0 Å². The van der Waals surface area contributed by atoms with E-state index in [0.29, 0.717) is 13.1 Å². The van der Waals surface area contributed by atoms with Crippen molar-refractivity contribution in [3.63, 3.8) is 0 Å². The van der Waals surface area contributed by atoms with Crippen molar-refractivity contribution in [3.8, 4) is 6.07 Å². The summed E-state index contributed by atoms with van der Waals surface area (Å²) in [6, 6.07) is 2.04. The van der Waals surface area contributed by atoms with Crippen molar-refractivity contribution >= 4 is 5.91 Å². The van der Waals surface area contributed by atoms with Crippen LogP contribution in [0.3, 0.4) is 0 Å². The van der Waals surface area contributed by atoms with E-state index >= 15 is 0 Å². The SMILES string of the molecule is CCN(/C=C(/C#N)C(=O)N1CCNCC1)C(C)(C)C. The molecule has 1 N–H and O–H groups in total. The number of nitrogens with zero attached hydrogens (tertiary/aromatic N) is 3. The van der Waals surface area contributed by atoms with Gasteiger partial charge < -0.3 is 15.1 Å². The summed E-state index contributed by atoms with van der Waals surface area (Å²) in [6.07, 6.45) is 1.70. The number of amides is 1. The largest absolute Gasteiger partial charge is 0.372 e. The fourth-order valence-electron chi connectivity index (χ4n) is 2.09. The van der Waals surface area contributed by atoms with Crippen molar-refractivity contribution in [2.24, 2.45) is 0 Å². The Morgan fingerprint density at radius 1 is 1.42 bits per heavy atom. The lowest BCUT2D eigenvalue weighted by Crippen LogP contribution is -2.47. The first-order valence-corrected chi connectivity index (χ1v) is 6.78. The second kappa shape index (κ2) is 6.58. The van der Waals surface area contributed by atoms with Crippen LogP contribution < -0.4 is 5.32 Å². The fraction of sp³-hybridized carbons (Fsp3) is 0.714. The molecular weight excluding hydrogens is 240 g/mol. The number of nitrogens with one attached hydrogen (secondary N) is 1. The highest BCUT2D eigenvalue weighted by molar-refractivity contribution is 5.97. The summed E-state index contributed by atoms with van der Waals surface area (Å²) in [7, 11) is 0. The maximum Gasteiger partial charge on any atom is 0.266 e. The molecular formula is C14H24N4O. The first-order valence-electron chi connectivity index (χ1n) is 6.78. The second-order valence-corrected chi connectivity index (χ2v) is 5.65. The molecule has 1 aliphatic heterocycles. The van der Waals surface area contributed by atoms with E-state index in [0.717, 1.165) is 19.6 Å². The average Bonchev–Trinajstić information content (AvgIpc) is 2.39. The first kappa shape index (κ1) is 15.5. The monoisotopic (exact) mass is 264 g/mol. The van der Waals surface area contributed by atoms with Crippen LogP contribution >= 0.6 is 0 Å². The summed E-state index contributed by atoms with van der Waals surface area (Å²) < 4.78 is 0. The predicted octanol–water partition coefficient (Wildman–Crippen LogP) is 0.946. The van der Waals surface area contributed by atoms with Crippen molar-refractivity contribution in [2.75, 3.05) is 32.7 Å². The summed E-state index contributed by atoms with van der Waals surface area (Å²) in [5.41, 5.74) is 0.124. The first-order chi connectivity index (χ1) is 8.90. The molecule has 5 heteroatoms. The van der Waals surface area contributed by atoms with E-state index in [4.69, 9.17) is 0 Å². The lowest BCUT2D eigenvalue weighted by atomic mass is 10.1. The molecule has 0 spiro atoms. The van der Waals surface area contributed by atoms with Crippen molar-refractivity contribution < 1.29 is 4.79 Å². The highest BCUT2D eigenvalue weighted by Crippen LogP contribution is 2.15. The van der Waals surface area contributed by atoms with Crippen LogP contribution in [0.1, 0.15) is 27.7 Å². The van der Waals surface area contributed by atoms with Gasteiger partial charge in [-0.3, -0.25) is 4.79 Å². The van der Waals surface area contributed by atoms with Crippen LogP contribution in [0.15, 0.2) is 11.8 Å². The summed E-state index contributed by atoms with van der Waals surface area (Å²) in [5, 5.41) is 12.4. The Labute approximate surface area is 115 Å². The van der Waals surface area contributed by atoms with Gasteiger partial charge in [-0.1, -0.05) is 0 Å². The molecule has 0 bridgehead atoms. The third-order valence-electron chi connectivity index (χ3n) is 3.24. The Balaban J connectivity index is 2.86. The van der Waals surface area contributed by atoms with Gasteiger partial charge in [-0.15, -0.1) is 0 Å². The minimum Gasteiger partial charge on any atom is -0.372 e. The van der Waals surface area contributed by atoms with E-state index in [1.54, 1.807) is 11.1 Å². The quantitative estimate of drug-likeness (QED) is 0.609. The minimum atomic E-state index is -0.160. The molecule has 106 valence electrons. The van der Waals surface area contributed by atoms with Gasteiger partial charge in [-0.05, 0) is 27.7 Å². The molecule has 5 nitrogen and oxygen atoms in total. The third kappa shape index (κ3) is 4.25. The molecule has 0 aromatic heterocycles. The number of carbonyl (C=O) groups excluding carboxylic acids is 1. The molecule has 0 saturated carbocycles. The normalized spacial score (nSPS) is 17.0. The molecule has 0 unspecified atom stereocenters. The standard InChI is InChI=1S/C14H24N4O/c1-5-18(14(2,3)4)11-12(10-15)13(19)17-8-6-16-7-9-17/h11,16H,5-9H2,1-4H3/b12-11-. The van der Waals surface area contributed by atoms with Gasteiger partial charge in [0, 0.05) is 44.5 Å². The Morgan fingerprint density at radius 2 is 2.00 bits per heavy atom. The van der Waals surface area contributed by atoms with Gasteiger partial charge in [0.15, 0.2) is 0 Å². The lowest BCUT2D eigenvalue weighted by Gasteiger charge is -2.34. The van der Waals surface area contributed by atoms with E-state index < -0.39 is 0 Å². The molecule has 0 aromatic rings. The van der Waals surface area contributed by atoms with Crippen LogP contribution in [0, 0.1) is 11.3 Å². The molecule has 0 atom stereocenters. The van der Waals surface area contributed by atoms with Crippen LogP contribution in [-0.2, 0) is 4.79 Å². The molecule has 0 aromatic carbocycles. The van der Waals surface area contributed by atoms with E-state index in [1.165, 1.54) is 0 Å². The lowest BCUT2D eigenvalue weighted by molar-refractivity contribution is -0.127. The van der Waals surface area contributed by atoms with E-state index in [-0.39, 0.29) is 17.0 Å². The van der Waals surface area contributed by atoms with Crippen LogP contribution in [0.5, 0.6) is 0 Å². The molecule has 0 radical (unpaired) electrons. The zero-order chi connectivity index (χ0) is 14.5. The molecule has 1 saturated heterocycles. The number of rotatable bonds is 3. The summed E-state index contributed by atoms with van der Waals surface area (Å²) in [4.78, 5) is 16.0. The maximum absolute atomic E-state index is 12.3. The number of hydrogen-bond acceptors (Lipinski definition) is 4. The number of nitriles is 1. The van der Waals surface area contributed by atoms with Gasteiger partial charge in [-0.25, -0.2) is 0 Å². The van der Waals surface area contributed by atoms with Gasteiger partial charge in [0.2, 0.25) is 0 Å². The molecule has 1 amide bonds. The average molecular weight is 264 g/mol. The second-order valence-electron chi connectivity index (χ2n) is 5.65. The molecule has 1 fully saturated rings. The van der Waals surface area contributed by atoms with Gasteiger partial charge in [0.25, 0.3) is 5.91 Å². The summed E-state index contributed by atoms with van der Waals surface area (Å²) in [6.45, 7) is 11.9. The zero-order valence-electron chi connectivity index (χ0n) is 12.4. The van der Waals surface area contributed by atoms with Gasteiger partial charge in [0.1, 0.15) is 11.6 Å². The van der Waals surface area contributed by atoms with E-state index in [9.17, 15) is 10.1 Å². The summed E-state index contributed by atoms with van der Waals surface area (Å²) in [5.74, 6) is -0.160. The Bertz CT molecular complexity index is 383. The van der Waals surface area contributed by atoms with Gasteiger partial charge in [-0.2, -0.15) is 5.26 Å². The Morgan fingerprint density at radius 3 is 2.42 bits per heavy atom. The Hall–Kier alpha value is -1.54. The maximum atomic E-state index is 12.3. The van der Waals surface area contributed by atoms with E-state index in [1.807, 2.05) is 17.9 Å². The van der Waals surface area contributed by atoms with Crippen molar-refractivity contribution in [1.82, 2.24) is 15.1 Å². The highest BCUT2D eigenvalue weighted by Gasteiger charge is 2.23. The van der Waals surface area contributed by atoms with Crippen LogP contribution in [0.4, 0.5) is 0 Å². The Kier molecular flexibility index (Phi) is 5.37. The van der Waals surface area contributed by atoms with Gasteiger partial charge >= 0.3 is 0 Å². The molecule has 1 heterocycles.